The van der Waals surface area contributed by atoms with Crippen molar-refractivity contribution < 1.29 is 50.4 Å². The van der Waals surface area contributed by atoms with E-state index in [9.17, 15) is 40.2 Å². The van der Waals surface area contributed by atoms with Crippen molar-refractivity contribution in [3.63, 3.8) is 0 Å². The van der Waals surface area contributed by atoms with Gasteiger partial charge in [-0.25, -0.2) is 0 Å². The van der Waals surface area contributed by atoms with E-state index in [4.69, 9.17) is 10.2 Å². The van der Waals surface area contributed by atoms with Crippen LogP contribution < -0.4 is 0 Å². The Morgan fingerprint density at radius 2 is 0.442 bits per heavy atom. The summed E-state index contributed by atoms with van der Waals surface area (Å²) in [5.74, 6) is -1.93. The smallest absolute Gasteiger partial charge is 0.313 e. The maximum absolute atomic E-state index is 9.36. The molecular formula is C40H80O10S2. The summed E-state index contributed by atoms with van der Waals surface area (Å²) in [6, 6.07) is 0. The Hall–Kier alpha value is -0.600. The minimum absolute atomic E-state index is 0.0833. The lowest BCUT2D eigenvalue weighted by Crippen LogP contribution is -2.30. The van der Waals surface area contributed by atoms with Gasteiger partial charge in [-0.2, -0.15) is 25.3 Å². The maximum Gasteiger partial charge on any atom is 0.313 e. The fraction of sp³-hybridized carbons (Fsp3) is 0.950. The van der Waals surface area contributed by atoms with Gasteiger partial charge in [-0.1, -0.05) is 135 Å². The highest BCUT2D eigenvalue weighted by molar-refractivity contribution is 7.81. The van der Waals surface area contributed by atoms with Crippen LogP contribution in [0.25, 0.3) is 0 Å². The Labute approximate surface area is 327 Å². The number of carboxylic acids is 2. The van der Waals surface area contributed by atoms with Gasteiger partial charge in [0.2, 0.25) is 0 Å². The molecule has 0 aliphatic heterocycles. The Balaban J connectivity index is 0. The summed E-state index contributed by atoms with van der Waals surface area (Å²) in [6.45, 7) is 0.938. The molecule has 3 saturated carbocycles. The fourth-order valence-corrected chi connectivity index (χ4v) is 7.13. The number of carbonyl (C=O) groups is 2. The third-order valence-electron chi connectivity index (χ3n) is 11.0. The van der Waals surface area contributed by atoms with Crippen LogP contribution in [0.15, 0.2) is 0 Å². The zero-order chi connectivity index (χ0) is 39.4. The minimum atomic E-state index is -0.881. The predicted octanol–water partition coefficient (Wildman–Crippen LogP) is 7.45. The quantitative estimate of drug-likeness (QED) is 0.111. The van der Waals surface area contributed by atoms with Gasteiger partial charge < -0.3 is 40.9 Å². The maximum atomic E-state index is 9.36. The molecule has 0 unspecified atom stereocenters. The van der Waals surface area contributed by atoms with E-state index in [0.717, 1.165) is 38.5 Å². The van der Waals surface area contributed by atoms with Gasteiger partial charge in [-0.05, 0) is 38.5 Å². The van der Waals surface area contributed by atoms with Crippen LogP contribution in [0.1, 0.15) is 173 Å². The molecule has 3 aliphatic carbocycles. The van der Waals surface area contributed by atoms with Gasteiger partial charge in [0.15, 0.2) is 0 Å². The molecule has 0 saturated heterocycles. The van der Waals surface area contributed by atoms with E-state index in [0.29, 0.717) is 0 Å². The SMILES string of the molecule is O=C(O)CS.O=C(O)CS.OCC1(CO)CCCCCCCCC1.OCC1(CO)CCCCCCCCC1.OCC1(CO)CCCCCCCCC1. The molecule has 312 valence electrons. The normalized spacial score (nSPS) is 21.2. The number of rotatable bonds is 8. The van der Waals surface area contributed by atoms with Gasteiger partial charge in [0, 0.05) is 16.2 Å². The Morgan fingerprint density at radius 1 is 0.327 bits per heavy atom. The number of carboxylic acid groups (broad SMARTS) is 2. The van der Waals surface area contributed by atoms with Gasteiger partial charge in [-0.15, -0.1) is 0 Å². The molecular weight excluding hydrogens is 705 g/mol. The number of thiol groups is 2. The summed E-state index contributed by atoms with van der Waals surface area (Å²) >= 11 is 6.83. The van der Waals surface area contributed by atoms with Crippen LogP contribution in [-0.2, 0) is 9.59 Å². The third-order valence-corrected chi connectivity index (χ3v) is 11.6. The van der Waals surface area contributed by atoms with Gasteiger partial charge >= 0.3 is 11.9 Å². The number of aliphatic carboxylic acids is 2. The lowest BCUT2D eigenvalue weighted by molar-refractivity contribution is -0.134. The van der Waals surface area contributed by atoms with Crippen molar-refractivity contribution in [2.45, 2.75) is 173 Å². The van der Waals surface area contributed by atoms with Crippen LogP contribution >= 0.6 is 25.3 Å². The van der Waals surface area contributed by atoms with Gasteiger partial charge in [0.1, 0.15) is 0 Å². The molecule has 0 amide bonds. The van der Waals surface area contributed by atoms with Crippen LogP contribution in [0.2, 0.25) is 0 Å². The molecule has 3 rings (SSSR count). The summed E-state index contributed by atoms with van der Waals surface area (Å²) < 4.78 is 0. The van der Waals surface area contributed by atoms with Crippen molar-refractivity contribution in [2.75, 3.05) is 51.1 Å². The first-order valence-corrected chi connectivity index (χ1v) is 21.6. The molecule has 52 heavy (non-hydrogen) atoms. The summed E-state index contributed by atoms with van der Waals surface area (Å²) in [6.07, 6.45) is 32.7. The second kappa shape index (κ2) is 36.1. The predicted molar refractivity (Wildman–Crippen MR) is 217 cm³/mol. The number of hydrogen-bond acceptors (Lipinski definition) is 10. The molecule has 12 heteroatoms. The first kappa shape index (κ1) is 53.5. The van der Waals surface area contributed by atoms with Crippen molar-refractivity contribution in [3.8, 4) is 0 Å². The van der Waals surface area contributed by atoms with E-state index in [-0.39, 0.29) is 67.4 Å². The van der Waals surface area contributed by atoms with Gasteiger partial charge in [-0.3, -0.25) is 9.59 Å². The van der Waals surface area contributed by atoms with Crippen LogP contribution in [0.4, 0.5) is 0 Å². The van der Waals surface area contributed by atoms with Crippen molar-refractivity contribution in [3.05, 3.63) is 0 Å². The molecule has 0 radical (unpaired) electrons. The standard InChI is InChI=1S/3C12H24O2.2C2H4O2S/c3*13-10-12(11-14)8-6-4-2-1-3-5-7-9-12;2*3-2(4)1-5/h3*13-14H,1-11H2;2*5H,1H2,(H,3,4). The largest absolute Gasteiger partial charge is 0.481 e. The number of hydrogen-bond donors (Lipinski definition) is 10. The average molecular weight is 785 g/mol. The molecule has 3 aliphatic rings. The topological polar surface area (TPSA) is 196 Å². The second-order valence-electron chi connectivity index (χ2n) is 15.5. The third kappa shape index (κ3) is 28.8. The van der Waals surface area contributed by atoms with Crippen LogP contribution in [-0.4, -0.2) is 104 Å². The molecule has 10 nitrogen and oxygen atoms in total. The highest BCUT2D eigenvalue weighted by atomic mass is 32.1. The van der Waals surface area contributed by atoms with Crippen molar-refractivity contribution in [2.24, 2.45) is 16.2 Å². The summed E-state index contributed by atoms with van der Waals surface area (Å²) in [7, 11) is 0. The Kier molecular flexibility index (Phi) is 37.1. The van der Waals surface area contributed by atoms with Gasteiger partial charge in [0.25, 0.3) is 0 Å². The molecule has 0 aromatic carbocycles. The highest BCUT2D eigenvalue weighted by Gasteiger charge is 2.29. The first-order chi connectivity index (χ1) is 25.0. The lowest BCUT2D eigenvalue weighted by atomic mass is 9.78. The lowest BCUT2D eigenvalue weighted by Gasteiger charge is -2.30. The van der Waals surface area contributed by atoms with Crippen LogP contribution in [0.5, 0.6) is 0 Å². The van der Waals surface area contributed by atoms with Gasteiger partial charge in [0.05, 0.1) is 51.1 Å². The summed E-state index contributed by atoms with van der Waals surface area (Å²) in [5.41, 5.74) is -0.508. The van der Waals surface area contributed by atoms with E-state index in [2.05, 4.69) is 25.3 Å². The van der Waals surface area contributed by atoms with Crippen molar-refractivity contribution in [1.29, 1.82) is 0 Å². The van der Waals surface area contributed by atoms with Crippen LogP contribution in [0.3, 0.4) is 0 Å². The second-order valence-corrected chi connectivity index (χ2v) is 16.1. The summed E-state index contributed by atoms with van der Waals surface area (Å²) in [4.78, 5) is 18.6. The van der Waals surface area contributed by atoms with E-state index >= 15 is 0 Å². The van der Waals surface area contributed by atoms with E-state index < -0.39 is 11.9 Å². The van der Waals surface area contributed by atoms with Crippen molar-refractivity contribution in [1.82, 2.24) is 0 Å². The molecule has 0 atom stereocenters. The average Bonchev–Trinajstić information content (AvgIpc) is 3.18. The monoisotopic (exact) mass is 785 g/mol. The Morgan fingerprint density at radius 3 is 0.538 bits per heavy atom. The number of aliphatic hydroxyl groups is 6. The minimum Gasteiger partial charge on any atom is -0.481 e. The first-order valence-electron chi connectivity index (χ1n) is 20.3. The van der Waals surface area contributed by atoms with E-state index in [1.165, 1.54) is 135 Å². The van der Waals surface area contributed by atoms with E-state index in [1.807, 2.05) is 0 Å². The Bertz CT molecular complexity index is 674. The molecule has 0 bridgehead atoms. The molecule has 0 heterocycles. The summed E-state index contributed by atoms with van der Waals surface area (Å²) in [5, 5.41) is 71.5. The zero-order valence-corrected chi connectivity index (χ0v) is 34.3. The number of aliphatic hydroxyl groups excluding tert-OH is 6. The van der Waals surface area contributed by atoms with E-state index in [1.54, 1.807) is 0 Å². The van der Waals surface area contributed by atoms with Crippen LogP contribution in [0, 0.1) is 16.2 Å². The zero-order valence-electron chi connectivity index (χ0n) is 32.5. The molecule has 0 aromatic rings. The molecule has 3 fully saturated rings. The van der Waals surface area contributed by atoms with Crippen molar-refractivity contribution >= 4 is 37.2 Å². The molecule has 0 aromatic heterocycles. The fourth-order valence-electron chi connectivity index (χ4n) is 7.13. The highest BCUT2D eigenvalue weighted by Crippen LogP contribution is 2.34. The molecule has 0 spiro atoms. The molecule has 8 N–H and O–H groups in total.